The highest BCUT2D eigenvalue weighted by Crippen LogP contribution is 1.99. The molecule has 1 fully saturated rings. The Hall–Kier alpha value is -1.34. The molecule has 2 unspecified atom stereocenters. The van der Waals surface area contributed by atoms with Crippen molar-refractivity contribution in [2.24, 2.45) is 0 Å². The number of urea groups is 1. The van der Waals surface area contributed by atoms with E-state index in [-0.39, 0.29) is 6.04 Å². The Balaban J connectivity index is 2.30. The molecule has 0 aliphatic carbocycles. The van der Waals surface area contributed by atoms with E-state index >= 15 is 0 Å². The SMILES string of the molecule is CCCC(NC(=O)NC(C)CN1CCOCC1)C(=O)O. The molecule has 0 aromatic heterocycles. The van der Waals surface area contributed by atoms with Crippen molar-refractivity contribution in [3.8, 4) is 0 Å². The largest absolute Gasteiger partial charge is 0.480 e. The first-order chi connectivity index (χ1) is 9.52. The molecule has 0 aromatic carbocycles. The lowest BCUT2D eigenvalue weighted by atomic mass is 10.2. The molecule has 1 heterocycles. The molecule has 3 N–H and O–H groups in total. The molecule has 1 aliphatic rings. The second-order valence-corrected chi connectivity index (χ2v) is 5.11. The summed E-state index contributed by atoms with van der Waals surface area (Å²) in [5.74, 6) is -0.997. The van der Waals surface area contributed by atoms with Gasteiger partial charge in [-0.05, 0) is 13.3 Å². The summed E-state index contributed by atoms with van der Waals surface area (Å²) in [5, 5.41) is 14.3. The Morgan fingerprint density at radius 1 is 1.30 bits per heavy atom. The molecular weight excluding hydrogens is 262 g/mol. The quantitative estimate of drug-likeness (QED) is 0.625. The summed E-state index contributed by atoms with van der Waals surface area (Å²) in [6, 6.07) is -1.29. The molecule has 2 atom stereocenters. The van der Waals surface area contributed by atoms with Gasteiger partial charge in [-0.2, -0.15) is 0 Å². The molecule has 116 valence electrons. The number of carboxylic acids is 1. The van der Waals surface area contributed by atoms with Gasteiger partial charge >= 0.3 is 12.0 Å². The van der Waals surface area contributed by atoms with Crippen molar-refractivity contribution in [1.82, 2.24) is 15.5 Å². The van der Waals surface area contributed by atoms with E-state index in [0.717, 1.165) is 32.8 Å². The Kier molecular flexibility index (Phi) is 7.32. The average Bonchev–Trinajstić information content (AvgIpc) is 2.38. The summed E-state index contributed by atoms with van der Waals surface area (Å²) in [5.41, 5.74) is 0. The van der Waals surface area contributed by atoms with Gasteiger partial charge in [0.25, 0.3) is 0 Å². The minimum absolute atomic E-state index is 0.0378. The normalized spacial score (nSPS) is 19.1. The number of carbonyl (C=O) groups is 2. The molecule has 7 nitrogen and oxygen atoms in total. The summed E-state index contributed by atoms with van der Waals surface area (Å²) in [6.45, 7) is 7.69. The predicted molar refractivity (Wildman–Crippen MR) is 74.7 cm³/mol. The highest BCUT2D eigenvalue weighted by molar-refractivity contribution is 5.82. The number of carbonyl (C=O) groups excluding carboxylic acids is 1. The first-order valence-electron chi connectivity index (χ1n) is 7.12. The molecule has 0 spiro atoms. The van der Waals surface area contributed by atoms with Crippen molar-refractivity contribution in [1.29, 1.82) is 0 Å². The van der Waals surface area contributed by atoms with Gasteiger partial charge in [-0.1, -0.05) is 13.3 Å². The Morgan fingerprint density at radius 3 is 2.50 bits per heavy atom. The van der Waals surface area contributed by atoms with Crippen molar-refractivity contribution in [3.05, 3.63) is 0 Å². The van der Waals surface area contributed by atoms with Crippen LogP contribution in [-0.4, -0.2) is 66.9 Å². The van der Waals surface area contributed by atoms with Crippen LogP contribution in [0.15, 0.2) is 0 Å². The topological polar surface area (TPSA) is 90.9 Å². The van der Waals surface area contributed by atoms with Crippen LogP contribution >= 0.6 is 0 Å². The summed E-state index contributed by atoms with van der Waals surface area (Å²) in [4.78, 5) is 24.9. The molecule has 0 bridgehead atoms. The zero-order chi connectivity index (χ0) is 15.0. The van der Waals surface area contributed by atoms with Gasteiger partial charge in [0.1, 0.15) is 6.04 Å². The second kappa shape index (κ2) is 8.76. The van der Waals surface area contributed by atoms with E-state index < -0.39 is 18.0 Å². The van der Waals surface area contributed by atoms with E-state index in [9.17, 15) is 9.59 Å². The van der Waals surface area contributed by atoms with Crippen LogP contribution < -0.4 is 10.6 Å². The van der Waals surface area contributed by atoms with Crippen molar-refractivity contribution < 1.29 is 19.4 Å². The fourth-order valence-corrected chi connectivity index (χ4v) is 2.19. The van der Waals surface area contributed by atoms with Gasteiger partial charge in [-0.25, -0.2) is 9.59 Å². The smallest absolute Gasteiger partial charge is 0.326 e. The number of rotatable bonds is 7. The van der Waals surface area contributed by atoms with Crippen LogP contribution in [0.25, 0.3) is 0 Å². The zero-order valence-corrected chi connectivity index (χ0v) is 12.2. The Morgan fingerprint density at radius 2 is 1.95 bits per heavy atom. The highest BCUT2D eigenvalue weighted by Gasteiger charge is 2.20. The molecule has 1 aliphatic heterocycles. The number of nitrogens with zero attached hydrogens (tertiary/aromatic N) is 1. The first-order valence-corrected chi connectivity index (χ1v) is 7.12. The van der Waals surface area contributed by atoms with Crippen LogP contribution in [0.3, 0.4) is 0 Å². The van der Waals surface area contributed by atoms with Crippen LogP contribution in [0.2, 0.25) is 0 Å². The average molecular weight is 287 g/mol. The maximum absolute atomic E-state index is 11.8. The van der Waals surface area contributed by atoms with Crippen molar-refractivity contribution >= 4 is 12.0 Å². The molecule has 0 saturated carbocycles. The van der Waals surface area contributed by atoms with Crippen LogP contribution in [0.5, 0.6) is 0 Å². The highest BCUT2D eigenvalue weighted by atomic mass is 16.5. The van der Waals surface area contributed by atoms with Crippen LogP contribution in [0.1, 0.15) is 26.7 Å². The first kappa shape index (κ1) is 16.7. The zero-order valence-electron chi connectivity index (χ0n) is 12.2. The second-order valence-electron chi connectivity index (χ2n) is 5.11. The minimum atomic E-state index is -0.997. The van der Waals surface area contributed by atoms with Crippen molar-refractivity contribution in [2.45, 2.75) is 38.8 Å². The van der Waals surface area contributed by atoms with E-state index in [1.54, 1.807) is 0 Å². The van der Waals surface area contributed by atoms with Gasteiger partial charge in [0.2, 0.25) is 0 Å². The van der Waals surface area contributed by atoms with E-state index in [0.29, 0.717) is 12.8 Å². The maximum atomic E-state index is 11.8. The molecule has 2 amide bonds. The fourth-order valence-electron chi connectivity index (χ4n) is 2.19. The van der Waals surface area contributed by atoms with Gasteiger partial charge in [-0.15, -0.1) is 0 Å². The molecule has 0 radical (unpaired) electrons. The lowest BCUT2D eigenvalue weighted by Crippen LogP contribution is -2.51. The summed E-state index contributed by atoms with van der Waals surface area (Å²) < 4.78 is 5.26. The van der Waals surface area contributed by atoms with E-state index in [2.05, 4.69) is 15.5 Å². The van der Waals surface area contributed by atoms with Crippen molar-refractivity contribution in [3.63, 3.8) is 0 Å². The number of carboxylic acid groups (broad SMARTS) is 1. The Bertz CT molecular complexity index is 319. The van der Waals surface area contributed by atoms with Gasteiger partial charge in [0, 0.05) is 25.7 Å². The minimum Gasteiger partial charge on any atom is -0.480 e. The van der Waals surface area contributed by atoms with Crippen LogP contribution in [0.4, 0.5) is 4.79 Å². The van der Waals surface area contributed by atoms with Crippen LogP contribution in [0, 0.1) is 0 Å². The van der Waals surface area contributed by atoms with Crippen LogP contribution in [-0.2, 0) is 9.53 Å². The lowest BCUT2D eigenvalue weighted by molar-refractivity contribution is -0.139. The van der Waals surface area contributed by atoms with E-state index in [1.165, 1.54) is 0 Å². The predicted octanol–water partition coefficient (Wildman–Crippen LogP) is 0.260. The standard InChI is InChI=1S/C13H25N3O4/c1-3-4-11(12(17)18)15-13(19)14-10(2)9-16-5-7-20-8-6-16/h10-11H,3-9H2,1-2H3,(H,17,18)(H2,14,15,19). The number of ether oxygens (including phenoxy) is 1. The molecule has 0 aromatic rings. The third-order valence-corrected chi connectivity index (χ3v) is 3.19. The molecule has 7 heteroatoms. The molecular formula is C13H25N3O4. The van der Waals surface area contributed by atoms with Gasteiger partial charge < -0.3 is 20.5 Å². The number of amides is 2. The third kappa shape index (κ3) is 6.21. The van der Waals surface area contributed by atoms with Gasteiger partial charge in [0.15, 0.2) is 0 Å². The molecule has 1 saturated heterocycles. The molecule has 20 heavy (non-hydrogen) atoms. The maximum Gasteiger partial charge on any atom is 0.326 e. The van der Waals surface area contributed by atoms with Gasteiger partial charge in [0.05, 0.1) is 13.2 Å². The van der Waals surface area contributed by atoms with E-state index in [1.807, 2.05) is 13.8 Å². The lowest BCUT2D eigenvalue weighted by Gasteiger charge is -2.29. The Labute approximate surface area is 119 Å². The number of aliphatic carboxylic acids is 1. The summed E-state index contributed by atoms with van der Waals surface area (Å²) in [6.07, 6.45) is 1.14. The van der Waals surface area contributed by atoms with Gasteiger partial charge in [-0.3, -0.25) is 4.90 Å². The number of hydrogen-bond acceptors (Lipinski definition) is 4. The fraction of sp³-hybridized carbons (Fsp3) is 0.846. The number of morpholine rings is 1. The number of hydrogen-bond donors (Lipinski definition) is 3. The molecule has 1 rings (SSSR count). The summed E-state index contributed by atoms with van der Waals surface area (Å²) >= 11 is 0. The third-order valence-electron chi connectivity index (χ3n) is 3.19. The summed E-state index contributed by atoms with van der Waals surface area (Å²) in [7, 11) is 0. The van der Waals surface area contributed by atoms with E-state index in [4.69, 9.17) is 9.84 Å². The monoisotopic (exact) mass is 287 g/mol. The van der Waals surface area contributed by atoms with Crippen molar-refractivity contribution in [2.75, 3.05) is 32.8 Å². The number of nitrogens with one attached hydrogen (secondary N) is 2.